The minimum Gasteiger partial charge on any atom is -0.444 e. The van der Waals surface area contributed by atoms with E-state index in [2.05, 4.69) is 22.4 Å². The highest BCUT2D eigenvalue weighted by Crippen LogP contribution is 2.23. The molecule has 0 radical (unpaired) electrons. The molecule has 1 saturated heterocycles. The Kier molecular flexibility index (Phi) is 6.04. The van der Waals surface area contributed by atoms with Gasteiger partial charge in [0.05, 0.1) is 6.20 Å². The van der Waals surface area contributed by atoms with Gasteiger partial charge in [-0.25, -0.2) is 4.79 Å². The molecule has 130 valence electrons. The van der Waals surface area contributed by atoms with Crippen LogP contribution in [-0.2, 0) is 11.3 Å². The van der Waals surface area contributed by atoms with Crippen LogP contribution in [0.3, 0.4) is 0 Å². The molecule has 2 N–H and O–H groups in total. The Morgan fingerprint density at radius 3 is 2.96 bits per heavy atom. The molecule has 1 aliphatic heterocycles. The van der Waals surface area contributed by atoms with E-state index in [-0.39, 0.29) is 12.1 Å². The van der Waals surface area contributed by atoms with Crippen molar-refractivity contribution >= 4 is 6.09 Å². The van der Waals surface area contributed by atoms with Crippen LogP contribution in [0, 0.1) is 0 Å². The molecule has 2 atom stereocenters. The molecule has 6 heteroatoms. The minimum atomic E-state index is -0.440. The lowest BCUT2D eigenvalue weighted by atomic mass is 9.96. The largest absolute Gasteiger partial charge is 0.444 e. The summed E-state index contributed by atoms with van der Waals surface area (Å²) in [5.41, 5.74) is 0.703. The van der Waals surface area contributed by atoms with E-state index in [0.29, 0.717) is 6.04 Å². The second kappa shape index (κ2) is 7.81. The third-order valence-corrected chi connectivity index (χ3v) is 4.09. The summed E-state index contributed by atoms with van der Waals surface area (Å²) in [6.45, 7) is 9.50. The fourth-order valence-electron chi connectivity index (χ4n) is 2.96. The van der Waals surface area contributed by atoms with Gasteiger partial charge in [0.15, 0.2) is 0 Å². The van der Waals surface area contributed by atoms with Crippen LogP contribution in [0.15, 0.2) is 12.4 Å². The van der Waals surface area contributed by atoms with Crippen molar-refractivity contribution in [3.8, 4) is 0 Å². The van der Waals surface area contributed by atoms with Crippen molar-refractivity contribution in [2.75, 3.05) is 6.54 Å². The van der Waals surface area contributed by atoms with Gasteiger partial charge in [-0.1, -0.05) is 0 Å². The van der Waals surface area contributed by atoms with Gasteiger partial charge in [0.2, 0.25) is 0 Å². The van der Waals surface area contributed by atoms with Crippen LogP contribution in [0.4, 0.5) is 4.79 Å². The number of amides is 1. The summed E-state index contributed by atoms with van der Waals surface area (Å²) in [6.07, 6.45) is 7.78. The molecule has 1 aromatic rings. The van der Waals surface area contributed by atoms with E-state index in [1.807, 2.05) is 38.1 Å². The van der Waals surface area contributed by atoms with Crippen molar-refractivity contribution in [2.45, 2.75) is 77.6 Å². The Hall–Kier alpha value is -1.56. The van der Waals surface area contributed by atoms with Crippen molar-refractivity contribution < 1.29 is 9.53 Å². The molecule has 0 saturated carbocycles. The molecular weight excluding hydrogens is 292 g/mol. The zero-order chi connectivity index (χ0) is 16.9. The van der Waals surface area contributed by atoms with Gasteiger partial charge in [-0.15, -0.1) is 0 Å². The Balaban J connectivity index is 1.86. The highest BCUT2D eigenvalue weighted by atomic mass is 16.6. The van der Waals surface area contributed by atoms with Gasteiger partial charge in [0, 0.05) is 36.9 Å². The summed E-state index contributed by atoms with van der Waals surface area (Å²) < 4.78 is 5.56. The molecule has 2 rings (SSSR count). The average Bonchev–Trinajstić information content (AvgIpc) is 2.97. The van der Waals surface area contributed by atoms with E-state index >= 15 is 0 Å². The Labute approximate surface area is 139 Å². The number of aromatic nitrogens is 2. The fraction of sp³-hybridized carbons (Fsp3) is 0.765. The maximum absolute atomic E-state index is 12.4. The summed E-state index contributed by atoms with van der Waals surface area (Å²) in [4.78, 5) is 14.3. The lowest BCUT2D eigenvalue weighted by Gasteiger charge is -2.38. The standard InChI is InChI=1S/C17H30N4O2/c1-13(18-10-14-11-19-20-12-14)9-15-7-5-6-8-21(15)16(22)23-17(2,3)4/h11-13,15,18H,5-10H2,1-4H3,(H,19,20). The number of H-pyrrole nitrogens is 1. The van der Waals surface area contributed by atoms with Crippen LogP contribution in [0.1, 0.15) is 58.9 Å². The van der Waals surface area contributed by atoms with Crippen molar-refractivity contribution in [3.63, 3.8) is 0 Å². The topological polar surface area (TPSA) is 70.2 Å². The van der Waals surface area contributed by atoms with Crippen molar-refractivity contribution in [1.29, 1.82) is 0 Å². The summed E-state index contributed by atoms with van der Waals surface area (Å²) in [6, 6.07) is 0.586. The number of rotatable bonds is 5. The molecule has 1 aromatic heterocycles. The lowest BCUT2D eigenvalue weighted by molar-refractivity contribution is 0.00789. The highest BCUT2D eigenvalue weighted by molar-refractivity contribution is 5.68. The Morgan fingerprint density at radius 2 is 2.30 bits per heavy atom. The molecule has 2 heterocycles. The molecule has 0 spiro atoms. The highest BCUT2D eigenvalue weighted by Gasteiger charge is 2.31. The zero-order valence-corrected chi connectivity index (χ0v) is 14.8. The molecule has 6 nitrogen and oxygen atoms in total. The van der Waals surface area contributed by atoms with Gasteiger partial charge in [0.25, 0.3) is 0 Å². The SMILES string of the molecule is CC(CC1CCCCN1C(=O)OC(C)(C)C)NCc1cn[nH]c1. The first-order valence-corrected chi connectivity index (χ1v) is 8.56. The van der Waals surface area contributed by atoms with E-state index in [9.17, 15) is 4.79 Å². The molecule has 0 aliphatic carbocycles. The van der Waals surface area contributed by atoms with E-state index in [1.165, 1.54) is 6.42 Å². The first kappa shape index (κ1) is 17.8. The van der Waals surface area contributed by atoms with Gasteiger partial charge in [0.1, 0.15) is 5.60 Å². The quantitative estimate of drug-likeness (QED) is 0.874. The zero-order valence-electron chi connectivity index (χ0n) is 14.8. The monoisotopic (exact) mass is 322 g/mol. The van der Waals surface area contributed by atoms with Crippen molar-refractivity contribution in [2.24, 2.45) is 0 Å². The summed E-state index contributed by atoms with van der Waals surface area (Å²) in [5.74, 6) is 0. The third kappa shape index (κ3) is 5.86. The number of nitrogens with one attached hydrogen (secondary N) is 2. The molecule has 1 aliphatic rings. The van der Waals surface area contributed by atoms with Crippen LogP contribution in [0.25, 0.3) is 0 Å². The summed E-state index contributed by atoms with van der Waals surface area (Å²) >= 11 is 0. The predicted octanol–water partition coefficient (Wildman–Crippen LogP) is 3.07. The van der Waals surface area contributed by atoms with Crippen molar-refractivity contribution in [1.82, 2.24) is 20.4 Å². The van der Waals surface area contributed by atoms with Gasteiger partial charge in [-0.3, -0.25) is 5.10 Å². The van der Waals surface area contributed by atoms with Crippen LogP contribution in [0.2, 0.25) is 0 Å². The number of hydrogen-bond acceptors (Lipinski definition) is 4. The van der Waals surface area contributed by atoms with Crippen LogP contribution in [0.5, 0.6) is 0 Å². The van der Waals surface area contributed by atoms with E-state index in [4.69, 9.17) is 4.74 Å². The number of aromatic amines is 1. The fourth-order valence-corrected chi connectivity index (χ4v) is 2.96. The maximum atomic E-state index is 12.4. The van der Waals surface area contributed by atoms with E-state index in [1.54, 1.807) is 0 Å². The smallest absolute Gasteiger partial charge is 0.410 e. The van der Waals surface area contributed by atoms with Gasteiger partial charge in [-0.05, 0) is 53.4 Å². The molecular formula is C17H30N4O2. The second-order valence-electron chi connectivity index (χ2n) is 7.45. The molecule has 23 heavy (non-hydrogen) atoms. The number of likely N-dealkylation sites (tertiary alicyclic amines) is 1. The molecule has 0 aromatic carbocycles. The van der Waals surface area contributed by atoms with Crippen LogP contribution >= 0.6 is 0 Å². The van der Waals surface area contributed by atoms with E-state index < -0.39 is 5.60 Å². The van der Waals surface area contributed by atoms with Gasteiger partial charge < -0.3 is 15.0 Å². The first-order valence-electron chi connectivity index (χ1n) is 8.56. The average molecular weight is 322 g/mol. The first-order chi connectivity index (χ1) is 10.8. The molecule has 2 unspecified atom stereocenters. The Morgan fingerprint density at radius 1 is 1.52 bits per heavy atom. The third-order valence-electron chi connectivity index (χ3n) is 4.09. The number of piperidine rings is 1. The van der Waals surface area contributed by atoms with Gasteiger partial charge >= 0.3 is 6.09 Å². The number of ether oxygens (including phenoxy) is 1. The van der Waals surface area contributed by atoms with Gasteiger partial charge in [-0.2, -0.15) is 5.10 Å². The number of hydrogen-bond donors (Lipinski definition) is 2. The van der Waals surface area contributed by atoms with E-state index in [0.717, 1.165) is 37.9 Å². The minimum absolute atomic E-state index is 0.177. The van der Waals surface area contributed by atoms with Crippen LogP contribution in [-0.4, -0.2) is 45.4 Å². The molecule has 1 amide bonds. The molecule has 0 bridgehead atoms. The summed E-state index contributed by atoms with van der Waals surface area (Å²) in [7, 11) is 0. The van der Waals surface area contributed by atoms with Crippen molar-refractivity contribution in [3.05, 3.63) is 18.0 Å². The second-order valence-corrected chi connectivity index (χ2v) is 7.45. The number of carbonyl (C=O) groups is 1. The lowest BCUT2D eigenvalue weighted by Crippen LogP contribution is -2.48. The number of carbonyl (C=O) groups excluding carboxylic acids is 1. The number of nitrogens with zero attached hydrogens (tertiary/aromatic N) is 2. The Bertz CT molecular complexity index is 481. The maximum Gasteiger partial charge on any atom is 0.410 e. The summed E-state index contributed by atoms with van der Waals surface area (Å²) in [5, 5.41) is 10.3. The normalized spacial score (nSPS) is 20.3. The molecule has 1 fully saturated rings. The predicted molar refractivity (Wildman–Crippen MR) is 90.1 cm³/mol. The van der Waals surface area contributed by atoms with Crippen LogP contribution < -0.4 is 5.32 Å².